The van der Waals surface area contributed by atoms with Crippen LogP contribution in [-0.2, 0) is 11.8 Å². The summed E-state index contributed by atoms with van der Waals surface area (Å²) in [4.78, 5) is 12.0. The quantitative estimate of drug-likeness (QED) is 0.879. The van der Waals surface area contributed by atoms with E-state index in [4.69, 9.17) is 5.73 Å². The molecule has 1 aromatic carbocycles. The van der Waals surface area contributed by atoms with Gasteiger partial charge in [-0.2, -0.15) is 5.10 Å². The summed E-state index contributed by atoms with van der Waals surface area (Å²) < 4.78 is 1.70. The number of carbonyl (C=O) groups excluding carboxylic acids is 1. The van der Waals surface area contributed by atoms with Gasteiger partial charge in [-0.1, -0.05) is 29.8 Å². The first-order valence-electron chi connectivity index (χ1n) is 6.11. The second-order valence-corrected chi connectivity index (χ2v) is 4.67. The van der Waals surface area contributed by atoms with Crippen molar-refractivity contribution in [1.82, 2.24) is 9.78 Å². The number of hydrogen-bond donors (Lipinski definition) is 2. The molecular weight excluding hydrogens is 240 g/mol. The Morgan fingerprint density at radius 3 is 2.47 bits per heavy atom. The molecule has 0 aliphatic carbocycles. The van der Waals surface area contributed by atoms with Crippen LogP contribution < -0.4 is 11.1 Å². The van der Waals surface area contributed by atoms with E-state index < -0.39 is 6.04 Å². The molecule has 19 heavy (non-hydrogen) atoms. The maximum Gasteiger partial charge on any atom is 0.247 e. The molecule has 1 atom stereocenters. The Balaban J connectivity index is 2.09. The lowest BCUT2D eigenvalue weighted by Gasteiger charge is -2.11. The van der Waals surface area contributed by atoms with Gasteiger partial charge < -0.3 is 11.1 Å². The number of benzene rings is 1. The zero-order chi connectivity index (χ0) is 14.0. The Morgan fingerprint density at radius 1 is 1.32 bits per heavy atom. The van der Waals surface area contributed by atoms with Gasteiger partial charge in [0, 0.05) is 18.8 Å². The Kier molecular flexibility index (Phi) is 3.66. The van der Waals surface area contributed by atoms with Crippen LogP contribution in [0.2, 0.25) is 0 Å². The summed E-state index contributed by atoms with van der Waals surface area (Å²) in [5.41, 5.74) is 8.83. The largest absolute Gasteiger partial charge is 0.316 e. The van der Waals surface area contributed by atoms with Crippen molar-refractivity contribution in [2.24, 2.45) is 12.8 Å². The number of rotatable bonds is 3. The van der Waals surface area contributed by atoms with Crippen molar-refractivity contribution in [2.45, 2.75) is 19.9 Å². The molecule has 0 aliphatic rings. The number of anilines is 1. The van der Waals surface area contributed by atoms with Crippen LogP contribution in [0, 0.1) is 13.8 Å². The van der Waals surface area contributed by atoms with Gasteiger partial charge in [-0.3, -0.25) is 9.48 Å². The fourth-order valence-electron chi connectivity index (χ4n) is 1.75. The molecule has 0 bridgehead atoms. The average molecular weight is 258 g/mol. The summed E-state index contributed by atoms with van der Waals surface area (Å²) >= 11 is 0. The molecule has 100 valence electrons. The molecule has 2 aromatic rings. The van der Waals surface area contributed by atoms with E-state index in [1.165, 1.54) is 0 Å². The average Bonchev–Trinajstić information content (AvgIpc) is 2.68. The van der Waals surface area contributed by atoms with Crippen molar-refractivity contribution in [3.8, 4) is 0 Å². The minimum absolute atomic E-state index is 0.262. The molecular formula is C14H18N4O. The minimum atomic E-state index is -0.692. The van der Waals surface area contributed by atoms with E-state index in [9.17, 15) is 4.79 Å². The number of hydrogen-bond acceptors (Lipinski definition) is 3. The second-order valence-electron chi connectivity index (χ2n) is 4.67. The van der Waals surface area contributed by atoms with E-state index in [0.29, 0.717) is 5.82 Å². The molecule has 5 heteroatoms. The SMILES string of the molecule is Cc1ccc(C(N)C(=O)Nc2cc(C)n(C)n2)cc1. The lowest BCUT2D eigenvalue weighted by atomic mass is 10.1. The summed E-state index contributed by atoms with van der Waals surface area (Å²) in [6.45, 7) is 3.91. The van der Waals surface area contributed by atoms with Crippen LogP contribution >= 0.6 is 0 Å². The molecule has 0 saturated heterocycles. The van der Waals surface area contributed by atoms with Gasteiger partial charge in [0.05, 0.1) is 0 Å². The molecule has 0 spiro atoms. The number of carbonyl (C=O) groups is 1. The van der Waals surface area contributed by atoms with Crippen LogP contribution in [0.25, 0.3) is 0 Å². The smallest absolute Gasteiger partial charge is 0.247 e. The van der Waals surface area contributed by atoms with Crippen molar-refractivity contribution >= 4 is 11.7 Å². The lowest BCUT2D eigenvalue weighted by molar-refractivity contribution is -0.117. The topological polar surface area (TPSA) is 72.9 Å². The highest BCUT2D eigenvalue weighted by molar-refractivity contribution is 5.94. The number of aryl methyl sites for hydroxylation is 3. The predicted octanol–water partition coefficient (Wildman–Crippen LogP) is 1.68. The summed E-state index contributed by atoms with van der Waals surface area (Å²) in [6.07, 6.45) is 0. The van der Waals surface area contributed by atoms with Gasteiger partial charge in [0.25, 0.3) is 0 Å². The number of nitrogens with two attached hydrogens (primary N) is 1. The molecule has 0 saturated carbocycles. The van der Waals surface area contributed by atoms with Crippen molar-refractivity contribution in [3.05, 3.63) is 47.2 Å². The highest BCUT2D eigenvalue weighted by atomic mass is 16.2. The van der Waals surface area contributed by atoms with Crippen LogP contribution in [0.3, 0.4) is 0 Å². The third-order valence-corrected chi connectivity index (χ3v) is 3.08. The number of amides is 1. The number of aromatic nitrogens is 2. The highest BCUT2D eigenvalue weighted by Crippen LogP contribution is 2.14. The second kappa shape index (κ2) is 5.24. The van der Waals surface area contributed by atoms with Gasteiger partial charge >= 0.3 is 0 Å². The number of nitrogens with zero attached hydrogens (tertiary/aromatic N) is 2. The number of nitrogens with one attached hydrogen (secondary N) is 1. The summed E-state index contributed by atoms with van der Waals surface area (Å²) in [6, 6.07) is 8.72. The summed E-state index contributed by atoms with van der Waals surface area (Å²) in [5, 5.41) is 6.89. The molecule has 1 heterocycles. The van der Waals surface area contributed by atoms with Gasteiger partial charge in [-0.15, -0.1) is 0 Å². The zero-order valence-electron chi connectivity index (χ0n) is 11.3. The van der Waals surface area contributed by atoms with Crippen LogP contribution in [0.4, 0.5) is 5.82 Å². The molecule has 0 radical (unpaired) electrons. The lowest BCUT2D eigenvalue weighted by Crippen LogP contribution is -2.27. The Hall–Kier alpha value is -2.14. The molecule has 0 aliphatic heterocycles. The van der Waals surface area contributed by atoms with E-state index in [2.05, 4.69) is 10.4 Å². The molecule has 1 amide bonds. The van der Waals surface area contributed by atoms with Crippen molar-refractivity contribution in [3.63, 3.8) is 0 Å². The summed E-state index contributed by atoms with van der Waals surface area (Å²) in [7, 11) is 1.82. The fraction of sp³-hybridized carbons (Fsp3) is 0.286. The monoisotopic (exact) mass is 258 g/mol. The first kappa shape index (κ1) is 13.3. The maximum atomic E-state index is 12.0. The first-order valence-corrected chi connectivity index (χ1v) is 6.11. The van der Waals surface area contributed by atoms with Crippen LogP contribution in [0.5, 0.6) is 0 Å². The van der Waals surface area contributed by atoms with Crippen molar-refractivity contribution in [2.75, 3.05) is 5.32 Å². The predicted molar refractivity (Wildman–Crippen MR) is 74.7 cm³/mol. The molecule has 3 N–H and O–H groups in total. The van der Waals surface area contributed by atoms with E-state index in [1.807, 2.05) is 45.2 Å². The third-order valence-electron chi connectivity index (χ3n) is 3.08. The van der Waals surface area contributed by atoms with Gasteiger partial charge in [-0.05, 0) is 19.4 Å². The molecule has 5 nitrogen and oxygen atoms in total. The first-order chi connectivity index (χ1) is 8.97. The standard InChI is InChI=1S/C14H18N4O/c1-9-4-6-11(7-5-9)13(15)14(19)16-12-8-10(2)18(3)17-12/h4-8,13H,15H2,1-3H3,(H,16,17,19). The van der Waals surface area contributed by atoms with Crippen molar-refractivity contribution < 1.29 is 4.79 Å². The fourth-order valence-corrected chi connectivity index (χ4v) is 1.75. The Morgan fingerprint density at radius 2 is 1.95 bits per heavy atom. The van der Waals surface area contributed by atoms with E-state index in [0.717, 1.165) is 16.8 Å². The Bertz CT molecular complexity index is 566. The minimum Gasteiger partial charge on any atom is -0.316 e. The normalized spacial score (nSPS) is 12.2. The van der Waals surface area contributed by atoms with Gasteiger partial charge in [0.2, 0.25) is 5.91 Å². The van der Waals surface area contributed by atoms with E-state index in [-0.39, 0.29) is 5.91 Å². The van der Waals surface area contributed by atoms with Crippen LogP contribution in [0.15, 0.2) is 30.3 Å². The van der Waals surface area contributed by atoms with Gasteiger partial charge in [-0.25, -0.2) is 0 Å². The van der Waals surface area contributed by atoms with Crippen LogP contribution in [0.1, 0.15) is 22.9 Å². The molecule has 1 aromatic heterocycles. The molecule has 0 fully saturated rings. The zero-order valence-corrected chi connectivity index (χ0v) is 11.3. The van der Waals surface area contributed by atoms with E-state index in [1.54, 1.807) is 10.7 Å². The molecule has 2 rings (SSSR count). The summed E-state index contributed by atoms with van der Waals surface area (Å²) in [5.74, 6) is 0.259. The van der Waals surface area contributed by atoms with Gasteiger partial charge in [0.1, 0.15) is 6.04 Å². The highest BCUT2D eigenvalue weighted by Gasteiger charge is 2.16. The van der Waals surface area contributed by atoms with Gasteiger partial charge in [0.15, 0.2) is 5.82 Å². The molecule has 1 unspecified atom stereocenters. The van der Waals surface area contributed by atoms with Crippen LogP contribution in [-0.4, -0.2) is 15.7 Å². The maximum absolute atomic E-state index is 12.0. The van der Waals surface area contributed by atoms with Crippen molar-refractivity contribution in [1.29, 1.82) is 0 Å². The Labute approximate surface area is 112 Å². The van der Waals surface area contributed by atoms with E-state index >= 15 is 0 Å². The third kappa shape index (κ3) is 3.00.